The first-order valence-corrected chi connectivity index (χ1v) is 11.4. The van der Waals surface area contributed by atoms with Gasteiger partial charge in [-0.15, -0.1) is 0 Å². The third kappa shape index (κ3) is 6.77. The Morgan fingerprint density at radius 3 is 2.47 bits per heavy atom. The predicted molar refractivity (Wildman–Crippen MR) is 128 cm³/mol. The minimum atomic E-state index is -4.87. The molecule has 3 rings (SSSR count). The number of benzene rings is 2. The van der Waals surface area contributed by atoms with Gasteiger partial charge < -0.3 is 20.5 Å². The Hall–Kier alpha value is -4.02. The lowest BCUT2D eigenvalue weighted by Crippen LogP contribution is -2.21. The van der Waals surface area contributed by atoms with Crippen molar-refractivity contribution in [1.29, 1.82) is 0 Å². The number of aryl methyl sites for hydroxylation is 1. The standard InChI is InChI=1S/C25H27F3N4O4/c1-3-5-10-35-22(33)15-36-20-8-6-19(7-9-20)32-23(25(26,27)28)21(14-30-32)24(34)31-18-12-16(4-2)11-17(29)13-18/h6-9,11-14H,3-5,10,15,29H2,1-2H3,(H,31,34). The fourth-order valence-electron chi connectivity index (χ4n) is 3.37. The molecule has 36 heavy (non-hydrogen) atoms. The number of unbranched alkanes of at least 4 members (excludes halogenated alkanes) is 1. The van der Waals surface area contributed by atoms with Crippen LogP contribution < -0.4 is 15.8 Å². The number of alkyl halides is 3. The molecule has 0 atom stereocenters. The van der Waals surface area contributed by atoms with Crippen LogP contribution in [0, 0.1) is 0 Å². The highest BCUT2D eigenvalue weighted by Crippen LogP contribution is 2.34. The average molecular weight is 505 g/mol. The van der Waals surface area contributed by atoms with Gasteiger partial charge in [0.1, 0.15) is 5.75 Å². The molecule has 2 aromatic carbocycles. The molecular weight excluding hydrogens is 477 g/mol. The van der Waals surface area contributed by atoms with E-state index in [-0.39, 0.29) is 23.7 Å². The van der Waals surface area contributed by atoms with Crippen LogP contribution in [0.3, 0.4) is 0 Å². The second kappa shape index (κ2) is 11.6. The lowest BCUT2D eigenvalue weighted by molar-refractivity contribution is -0.146. The van der Waals surface area contributed by atoms with E-state index in [1.807, 2.05) is 13.8 Å². The Bertz CT molecular complexity index is 1210. The number of nitrogens with zero attached hydrogens (tertiary/aromatic N) is 2. The normalized spacial score (nSPS) is 11.2. The zero-order chi connectivity index (χ0) is 26.3. The van der Waals surface area contributed by atoms with Gasteiger partial charge in [-0.05, 0) is 60.9 Å². The van der Waals surface area contributed by atoms with Crippen LogP contribution in [0.4, 0.5) is 24.5 Å². The molecular formula is C25H27F3N4O4. The van der Waals surface area contributed by atoms with E-state index < -0.39 is 29.3 Å². The lowest BCUT2D eigenvalue weighted by Gasteiger charge is -2.14. The van der Waals surface area contributed by atoms with Crippen molar-refractivity contribution in [2.45, 2.75) is 39.3 Å². The summed E-state index contributed by atoms with van der Waals surface area (Å²) in [5.74, 6) is -1.25. The number of amides is 1. The van der Waals surface area contributed by atoms with E-state index in [1.54, 1.807) is 12.1 Å². The largest absolute Gasteiger partial charge is 0.482 e. The summed E-state index contributed by atoms with van der Waals surface area (Å²) in [5, 5.41) is 6.28. The third-order valence-electron chi connectivity index (χ3n) is 5.16. The second-order valence-corrected chi connectivity index (χ2v) is 7.94. The molecule has 0 spiro atoms. The molecule has 3 N–H and O–H groups in total. The number of nitrogens with two attached hydrogens (primary N) is 1. The Morgan fingerprint density at radius 2 is 1.83 bits per heavy atom. The number of ether oxygens (including phenoxy) is 2. The predicted octanol–water partition coefficient (Wildman–Crippen LogP) is 5.01. The number of hydrogen-bond acceptors (Lipinski definition) is 6. The van der Waals surface area contributed by atoms with Crippen LogP contribution in [-0.4, -0.2) is 34.9 Å². The monoisotopic (exact) mass is 504 g/mol. The molecule has 1 amide bonds. The van der Waals surface area contributed by atoms with Crippen molar-refractivity contribution in [3.05, 3.63) is 65.5 Å². The third-order valence-corrected chi connectivity index (χ3v) is 5.16. The van der Waals surface area contributed by atoms with Gasteiger partial charge in [-0.1, -0.05) is 20.3 Å². The molecule has 0 saturated carbocycles. The quantitative estimate of drug-likeness (QED) is 0.228. The first-order chi connectivity index (χ1) is 17.1. The molecule has 192 valence electrons. The maximum Gasteiger partial charge on any atom is 0.434 e. The fraction of sp³-hybridized carbons (Fsp3) is 0.320. The van der Waals surface area contributed by atoms with Crippen LogP contribution in [-0.2, 0) is 22.1 Å². The molecule has 0 aliphatic heterocycles. The number of nitrogen functional groups attached to an aromatic ring is 1. The smallest absolute Gasteiger partial charge is 0.434 e. The Morgan fingerprint density at radius 1 is 1.11 bits per heavy atom. The molecule has 0 bridgehead atoms. The molecule has 0 radical (unpaired) electrons. The van der Waals surface area contributed by atoms with E-state index in [4.69, 9.17) is 15.2 Å². The number of anilines is 2. The molecule has 0 aliphatic rings. The van der Waals surface area contributed by atoms with E-state index in [0.717, 1.165) is 24.6 Å². The number of halogens is 3. The van der Waals surface area contributed by atoms with Gasteiger partial charge >= 0.3 is 12.1 Å². The van der Waals surface area contributed by atoms with E-state index in [9.17, 15) is 22.8 Å². The van der Waals surface area contributed by atoms with Crippen LogP contribution in [0.15, 0.2) is 48.7 Å². The van der Waals surface area contributed by atoms with Crippen molar-refractivity contribution < 1.29 is 32.2 Å². The number of nitrogens with one attached hydrogen (secondary N) is 1. The number of aromatic nitrogens is 2. The van der Waals surface area contributed by atoms with Crippen LogP contribution >= 0.6 is 0 Å². The van der Waals surface area contributed by atoms with Crippen molar-refractivity contribution in [1.82, 2.24) is 9.78 Å². The Labute approximate surface area is 206 Å². The molecule has 11 heteroatoms. The SMILES string of the molecule is CCCCOC(=O)COc1ccc(-n2ncc(C(=O)Nc3cc(N)cc(CC)c3)c2C(F)(F)F)cc1. The number of hydrogen-bond donors (Lipinski definition) is 2. The number of carbonyl (C=O) groups excluding carboxylic acids is 2. The van der Waals surface area contributed by atoms with Gasteiger partial charge in [0, 0.05) is 11.4 Å². The fourth-order valence-corrected chi connectivity index (χ4v) is 3.37. The van der Waals surface area contributed by atoms with Gasteiger partial charge in [-0.25, -0.2) is 9.48 Å². The van der Waals surface area contributed by atoms with E-state index in [2.05, 4.69) is 10.4 Å². The van der Waals surface area contributed by atoms with Crippen molar-refractivity contribution in [3.8, 4) is 11.4 Å². The zero-order valence-corrected chi connectivity index (χ0v) is 19.9. The first kappa shape index (κ1) is 26.6. The minimum Gasteiger partial charge on any atom is -0.482 e. The molecule has 0 fully saturated rings. The number of carbonyl (C=O) groups is 2. The summed E-state index contributed by atoms with van der Waals surface area (Å²) in [7, 11) is 0. The van der Waals surface area contributed by atoms with E-state index in [0.29, 0.717) is 23.4 Å². The number of rotatable bonds is 10. The maximum absolute atomic E-state index is 14.0. The number of esters is 1. The van der Waals surface area contributed by atoms with Crippen molar-refractivity contribution in [2.24, 2.45) is 0 Å². The maximum atomic E-state index is 14.0. The summed E-state index contributed by atoms with van der Waals surface area (Å²) >= 11 is 0. The van der Waals surface area contributed by atoms with Crippen LogP contribution in [0.25, 0.3) is 5.69 Å². The van der Waals surface area contributed by atoms with Crippen molar-refractivity contribution in [2.75, 3.05) is 24.3 Å². The first-order valence-electron chi connectivity index (χ1n) is 11.4. The van der Waals surface area contributed by atoms with Crippen LogP contribution in [0.2, 0.25) is 0 Å². The summed E-state index contributed by atoms with van der Waals surface area (Å²) in [6, 6.07) is 10.3. The highest BCUT2D eigenvalue weighted by molar-refractivity contribution is 6.05. The molecule has 1 heterocycles. The van der Waals surface area contributed by atoms with Crippen molar-refractivity contribution >= 4 is 23.3 Å². The zero-order valence-electron chi connectivity index (χ0n) is 19.9. The molecule has 0 unspecified atom stereocenters. The second-order valence-electron chi connectivity index (χ2n) is 7.94. The summed E-state index contributed by atoms with van der Waals surface area (Å²) in [6.07, 6.45) is -1.75. The Balaban J connectivity index is 1.79. The molecule has 0 saturated heterocycles. The highest BCUT2D eigenvalue weighted by atomic mass is 19.4. The summed E-state index contributed by atoms with van der Waals surface area (Å²) in [6.45, 7) is 3.82. The molecule has 0 aliphatic carbocycles. The molecule has 8 nitrogen and oxygen atoms in total. The van der Waals surface area contributed by atoms with Gasteiger partial charge in [0.05, 0.1) is 24.1 Å². The minimum absolute atomic E-state index is 0.0523. The van der Waals surface area contributed by atoms with Crippen molar-refractivity contribution in [3.63, 3.8) is 0 Å². The van der Waals surface area contributed by atoms with Crippen LogP contribution in [0.5, 0.6) is 5.75 Å². The van der Waals surface area contributed by atoms with Crippen LogP contribution in [0.1, 0.15) is 48.3 Å². The Kier molecular flexibility index (Phi) is 8.57. The summed E-state index contributed by atoms with van der Waals surface area (Å²) < 4.78 is 52.9. The summed E-state index contributed by atoms with van der Waals surface area (Å²) in [5.41, 5.74) is 5.50. The van der Waals surface area contributed by atoms with E-state index in [1.165, 1.54) is 30.3 Å². The molecule has 1 aromatic heterocycles. The highest BCUT2D eigenvalue weighted by Gasteiger charge is 2.40. The topological polar surface area (TPSA) is 108 Å². The van der Waals surface area contributed by atoms with Gasteiger partial charge in [-0.2, -0.15) is 18.3 Å². The van der Waals surface area contributed by atoms with Gasteiger partial charge in [0.25, 0.3) is 5.91 Å². The summed E-state index contributed by atoms with van der Waals surface area (Å²) in [4.78, 5) is 24.4. The van der Waals surface area contributed by atoms with Gasteiger partial charge in [-0.3, -0.25) is 4.79 Å². The van der Waals surface area contributed by atoms with E-state index >= 15 is 0 Å². The van der Waals surface area contributed by atoms with Gasteiger partial charge in [0.15, 0.2) is 12.3 Å². The lowest BCUT2D eigenvalue weighted by atomic mass is 10.1. The average Bonchev–Trinajstić information content (AvgIpc) is 3.29. The molecule has 3 aromatic rings. The van der Waals surface area contributed by atoms with Gasteiger partial charge in [0.2, 0.25) is 0 Å².